The fraction of sp³-hybridized carbons (Fsp3) is 0.375. The van der Waals surface area contributed by atoms with Crippen LogP contribution in [0, 0.1) is 0 Å². The van der Waals surface area contributed by atoms with Gasteiger partial charge in [-0.2, -0.15) is 0 Å². The van der Waals surface area contributed by atoms with Crippen molar-refractivity contribution in [3.8, 4) is 0 Å². The molecule has 0 aliphatic heterocycles. The van der Waals surface area contributed by atoms with E-state index in [-0.39, 0.29) is 16.8 Å². The molecular weight excluding hydrogens is 252 g/mol. The lowest BCUT2D eigenvalue weighted by Crippen LogP contribution is -2.33. The van der Waals surface area contributed by atoms with Gasteiger partial charge in [0.2, 0.25) is 10.0 Å². The summed E-state index contributed by atoms with van der Waals surface area (Å²) < 4.78 is 25.5. The van der Waals surface area contributed by atoms with Crippen molar-refractivity contribution in [1.29, 1.82) is 0 Å². The normalized spacial score (nSPS) is 13.7. The van der Waals surface area contributed by atoms with Gasteiger partial charge in [-0.1, -0.05) is 18.3 Å². The Morgan fingerprint density at radius 2 is 2.40 bits per heavy atom. The van der Waals surface area contributed by atoms with Crippen molar-refractivity contribution in [1.82, 2.24) is 4.72 Å². The Morgan fingerprint density at radius 3 is 2.87 bits per heavy atom. The van der Waals surface area contributed by atoms with Gasteiger partial charge in [0.1, 0.15) is 5.75 Å². The summed E-state index contributed by atoms with van der Waals surface area (Å²) in [4.78, 5) is 0.933. The average molecular weight is 264 g/mol. The average Bonchev–Trinajstić information content (AvgIpc) is 2.50. The highest BCUT2D eigenvalue weighted by molar-refractivity contribution is 7.92. The second kappa shape index (κ2) is 5.02. The van der Waals surface area contributed by atoms with Crippen LogP contribution in [0.5, 0.6) is 0 Å². The van der Waals surface area contributed by atoms with E-state index in [1.165, 1.54) is 11.3 Å². The lowest BCUT2D eigenvalue weighted by Gasteiger charge is -2.11. The predicted octanol–water partition coefficient (Wildman–Crippen LogP) is 1.01. The van der Waals surface area contributed by atoms with E-state index >= 15 is 0 Å². The SMILES string of the molecule is CC(NS(=O)(=O)CC(N)=S)c1cccs1. The number of hydrogen-bond donors (Lipinski definition) is 2. The monoisotopic (exact) mass is 264 g/mol. The Balaban J connectivity index is 2.66. The molecule has 7 heteroatoms. The van der Waals surface area contributed by atoms with Gasteiger partial charge in [0.15, 0.2) is 0 Å². The third kappa shape index (κ3) is 4.25. The van der Waals surface area contributed by atoms with E-state index in [9.17, 15) is 8.42 Å². The summed E-state index contributed by atoms with van der Waals surface area (Å²) in [5.41, 5.74) is 5.19. The van der Waals surface area contributed by atoms with Crippen LogP contribution in [-0.4, -0.2) is 19.2 Å². The number of nitrogens with two attached hydrogens (primary N) is 1. The van der Waals surface area contributed by atoms with Crippen LogP contribution in [0.15, 0.2) is 17.5 Å². The van der Waals surface area contributed by atoms with Gasteiger partial charge in [0.05, 0.1) is 11.0 Å². The van der Waals surface area contributed by atoms with Crippen LogP contribution in [0.25, 0.3) is 0 Å². The number of nitrogens with one attached hydrogen (secondary N) is 1. The minimum atomic E-state index is -3.42. The fourth-order valence-corrected chi connectivity index (χ4v) is 3.49. The Labute approximate surface area is 98.5 Å². The smallest absolute Gasteiger partial charge is 0.218 e. The maximum absolute atomic E-state index is 11.5. The number of rotatable bonds is 5. The standard InChI is InChI=1S/C8H12N2O2S3/c1-6(7-3-2-4-14-7)10-15(11,12)5-8(9)13/h2-4,6,10H,5H2,1H3,(H2,9,13). The van der Waals surface area contributed by atoms with Crippen LogP contribution < -0.4 is 10.5 Å². The van der Waals surface area contributed by atoms with Crippen LogP contribution in [0.2, 0.25) is 0 Å². The molecule has 0 fully saturated rings. The van der Waals surface area contributed by atoms with Gasteiger partial charge in [0, 0.05) is 4.88 Å². The zero-order chi connectivity index (χ0) is 11.5. The van der Waals surface area contributed by atoms with Crippen molar-refractivity contribution in [2.24, 2.45) is 5.73 Å². The minimum Gasteiger partial charge on any atom is -0.392 e. The summed E-state index contributed by atoms with van der Waals surface area (Å²) in [6, 6.07) is 3.50. The zero-order valence-corrected chi connectivity index (χ0v) is 10.6. The van der Waals surface area contributed by atoms with E-state index < -0.39 is 10.0 Å². The van der Waals surface area contributed by atoms with E-state index in [0.717, 1.165) is 4.88 Å². The predicted molar refractivity (Wildman–Crippen MR) is 66.4 cm³/mol. The molecule has 1 rings (SSSR count). The molecule has 1 atom stereocenters. The molecule has 0 radical (unpaired) electrons. The highest BCUT2D eigenvalue weighted by Crippen LogP contribution is 2.18. The first-order valence-corrected chi connectivity index (χ1v) is 7.16. The van der Waals surface area contributed by atoms with E-state index in [2.05, 4.69) is 16.9 Å². The van der Waals surface area contributed by atoms with Crippen LogP contribution in [-0.2, 0) is 10.0 Å². The molecule has 3 N–H and O–H groups in total. The summed E-state index contributed by atoms with van der Waals surface area (Å²) in [5, 5.41) is 1.90. The Kier molecular flexibility index (Phi) is 4.21. The number of thiocarbonyl (C=S) groups is 1. The van der Waals surface area contributed by atoms with Crippen molar-refractivity contribution in [2.45, 2.75) is 13.0 Å². The summed E-state index contributed by atoms with van der Waals surface area (Å²) in [6.45, 7) is 1.78. The van der Waals surface area contributed by atoms with Gasteiger partial charge in [-0.3, -0.25) is 0 Å². The van der Waals surface area contributed by atoms with Gasteiger partial charge >= 0.3 is 0 Å². The largest absolute Gasteiger partial charge is 0.392 e. The lowest BCUT2D eigenvalue weighted by atomic mass is 10.3. The summed E-state index contributed by atoms with van der Waals surface area (Å²) in [5.74, 6) is -0.307. The van der Waals surface area contributed by atoms with E-state index in [1.54, 1.807) is 6.92 Å². The first-order valence-electron chi connectivity index (χ1n) is 4.22. The molecule has 0 saturated carbocycles. The topological polar surface area (TPSA) is 72.2 Å². The van der Waals surface area contributed by atoms with Crippen LogP contribution >= 0.6 is 23.6 Å². The number of sulfonamides is 1. The maximum Gasteiger partial charge on any atom is 0.218 e. The van der Waals surface area contributed by atoms with Gasteiger partial charge in [0.25, 0.3) is 0 Å². The highest BCUT2D eigenvalue weighted by atomic mass is 32.2. The van der Waals surface area contributed by atoms with Crippen molar-refractivity contribution in [2.75, 3.05) is 5.75 Å². The summed E-state index contributed by atoms with van der Waals surface area (Å²) in [7, 11) is -3.42. The number of thiophene rings is 1. The van der Waals surface area contributed by atoms with Gasteiger partial charge in [-0.15, -0.1) is 11.3 Å². The third-order valence-corrected chi connectivity index (χ3v) is 4.44. The molecule has 0 spiro atoms. The molecule has 4 nitrogen and oxygen atoms in total. The fourth-order valence-electron chi connectivity index (χ4n) is 1.09. The molecule has 1 aromatic heterocycles. The molecule has 15 heavy (non-hydrogen) atoms. The first-order chi connectivity index (χ1) is 6.91. The van der Waals surface area contributed by atoms with Crippen molar-refractivity contribution in [3.63, 3.8) is 0 Å². The number of hydrogen-bond acceptors (Lipinski definition) is 4. The van der Waals surface area contributed by atoms with Crippen molar-refractivity contribution >= 4 is 38.6 Å². The highest BCUT2D eigenvalue weighted by Gasteiger charge is 2.17. The van der Waals surface area contributed by atoms with Gasteiger partial charge in [-0.05, 0) is 18.4 Å². The molecule has 0 aliphatic carbocycles. The van der Waals surface area contributed by atoms with E-state index in [0.29, 0.717) is 0 Å². The molecule has 0 aromatic carbocycles. The Hall–Kier alpha value is -0.500. The molecule has 1 aromatic rings. The minimum absolute atomic E-state index is 0.0270. The molecular formula is C8H12N2O2S3. The molecule has 0 amide bonds. The first kappa shape index (κ1) is 12.6. The molecule has 0 aliphatic rings. The third-order valence-electron chi connectivity index (χ3n) is 1.66. The van der Waals surface area contributed by atoms with Crippen LogP contribution in [0.3, 0.4) is 0 Å². The van der Waals surface area contributed by atoms with Crippen molar-refractivity contribution < 1.29 is 8.42 Å². The van der Waals surface area contributed by atoms with E-state index in [1.807, 2.05) is 17.5 Å². The molecule has 0 bridgehead atoms. The van der Waals surface area contributed by atoms with Crippen LogP contribution in [0.4, 0.5) is 0 Å². The summed E-state index contributed by atoms with van der Waals surface area (Å²) >= 11 is 6.06. The Bertz CT molecular complexity index is 425. The lowest BCUT2D eigenvalue weighted by molar-refractivity contribution is 0.572. The molecule has 1 heterocycles. The second-order valence-corrected chi connectivity index (χ2v) is 6.34. The Morgan fingerprint density at radius 1 is 1.73 bits per heavy atom. The van der Waals surface area contributed by atoms with Gasteiger partial charge in [-0.25, -0.2) is 13.1 Å². The van der Waals surface area contributed by atoms with Crippen LogP contribution in [0.1, 0.15) is 17.8 Å². The van der Waals surface area contributed by atoms with Crippen molar-refractivity contribution in [3.05, 3.63) is 22.4 Å². The molecule has 0 saturated heterocycles. The van der Waals surface area contributed by atoms with E-state index in [4.69, 9.17) is 5.73 Å². The second-order valence-electron chi connectivity index (χ2n) is 3.08. The molecule has 84 valence electrons. The van der Waals surface area contributed by atoms with Gasteiger partial charge < -0.3 is 5.73 Å². The summed E-state index contributed by atoms with van der Waals surface area (Å²) in [6.07, 6.45) is 0. The molecule has 1 unspecified atom stereocenters. The quantitative estimate of drug-likeness (QED) is 0.779. The maximum atomic E-state index is 11.5. The zero-order valence-electron chi connectivity index (χ0n) is 8.14.